The summed E-state index contributed by atoms with van der Waals surface area (Å²) >= 11 is 0. The number of rotatable bonds is 5. The Morgan fingerprint density at radius 2 is 1.47 bits per heavy atom. The maximum absolute atomic E-state index is 13.9. The number of benzene rings is 3. The second-order valence-corrected chi connectivity index (χ2v) is 7.51. The topological polar surface area (TPSA) is 49.9 Å². The van der Waals surface area contributed by atoms with E-state index in [1.54, 1.807) is 52.3 Å². The van der Waals surface area contributed by atoms with Crippen LogP contribution in [0, 0.1) is 11.6 Å². The number of nitrogens with zero attached hydrogens (tertiary/aromatic N) is 2. The zero-order valence-corrected chi connectivity index (χ0v) is 17.3. The maximum atomic E-state index is 13.9. The van der Waals surface area contributed by atoms with E-state index in [1.807, 2.05) is 6.07 Å². The van der Waals surface area contributed by atoms with Gasteiger partial charge in [-0.2, -0.15) is 0 Å². The van der Waals surface area contributed by atoms with E-state index in [0.717, 1.165) is 5.56 Å². The molecule has 4 rings (SSSR count). The van der Waals surface area contributed by atoms with E-state index in [2.05, 4.69) is 0 Å². The third-order valence-electron chi connectivity index (χ3n) is 5.33. The third kappa shape index (κ3) is 4.94. The summed E-state index contributed by atoms with van der Waals surface area (Å²) in [7, 11) is 0. The van der Waals surface area contributed by atoms with Crippen LogP contribution >= 0.6 is 0 Å². The predicted molar refractivity (Wildman–Crippen MR) is 115 cm³/mol. The van der Waals surface area contributed by atoms with Crippen LogP contribution in [0.5, 0.6) is 5.75 Å². The molecule has 5 nitrogen and oxygen atoms in total. The van der Waals surface area contributed by atoms with Gasteiger partial charge < -0.3 is 14.5 Å². The molecule has 0 bridgehead atoms. The number of amides is 2. The van der Waals surface area contributed by atoms with Crippen molar-refractivity contribution in [1.29, 1.82) is 0 Å². The van der Waals surface area contributed by atoms with Gasteiger partial charge in [0.2, 0.25) is 0 Å². The lowest BCUT2D eigenvalue weighted by Crippen LogP contribution is -2.50. The minimum atomic E-state index is -0.548. The average molecular weight is 436 g/mol. The summed E-state index contributed by atoms with van der Waals surface area (Å²) in [4.78, 5) is 28.7. The van der Waals surface area contributed by atoms with E-state index in [1.165, 1.54) is 24.3 Å². The highest BCUT2D eigenvalue weighted by atomic mass is 19.1. The largest absolute Gasteiger partial charge is 0.489 e. The van der Waals surface area contributed by atoms with Gasteiger partial charge in [-0.15, -0.1) is 0 Å². The van der Waals surface area contributed by atoms with Crippen molar-refractivity contribution < 1.29 is 23.1 Å². The number of hydrogen-bond donors (Lipinski definition) is 0. The van der Waals surface area contributed by atoms with Gasteiger partial charge in [0.15, 0.2) is 0 Å². The molecule has 0 N–H and O–H groups in total. The fourth-order valence-electron chi connectivity index (χ4n) is 3.62. The summed E-state index contributed by atoms with van der Waals surface area (Å²) in [6.07, 6.45) is 0. The second kappa shape index (κ2) is 9.60. The highest BCUT2D eigenvalue weighted by Crippen LogP contribution is 2.17. The Labute approximate surface area is 184 Å². The highest BCUT2D eigenvalue weighted by molar-refractivity contribution is 5.96. The molecule has 164 valence electrons. The molecule has 0 atom stereocenters. The molecular formula is C25H22F2N2O3. The summed E-state index contributed by atoms with van der Waals surface area (Å²) in [5, 5.41) is 0. The molecule has 0 unspecified atom stereocenters. The Kier molecular flexibility index (Phi) is 6.44. The van der Waals surface area contributed by atoms with Gasteiger partial charge in [0.05, 0.1) is 5.56 Å². The van der Waals surface area contributed by atoms with E-state index < -0.39 is 5.82 Å². The molecule has 3 aromatic carbocycles. The van der Waals surface area contributed by atoms with E-state index >= 15 is 0 Å². The van der Waals surface area contributed by atoms with Crippen molar-refractivity contribution in [3.05, 3.63) is 101 Å². The molecule has 1 heterocycles. The summed E-state index contributed by atoms with van der Waals surface area (Å²) in [5.41, 5.74) is 1.34. The lowest BCUT2D eigenvalue weighted by Gasteiger charge is -2.35. The Morgan fingerprint density at radius 3 is 2.19 bits per heavy atom. The van der Waals surface area contributed by atoms with Gasteiger partial charge in [0.25, 0.3) is 11.8 Å². The minimum Gasteiger partial charge on any atom is -0.489 e. The smallest absolute Gasteiger partial charge is 0.256 e. The van der Waals surface area contributed by atoms with E-state index in [4.69, 9.17) is 4.74 Å². The van der Waals surface area contributed by atoms with E-state index in [9.17, 15) is 18.4 Å². The van der Waals surface area contributed by atoms with Crippen LogP contribution in [0.2, 0.25) is 0 Å². The van der Waals surface area contributed by atoms with Crippen LogP contribution in [-0.2, 0) is 6.61 Å². The minimum absolute atomic E-state index is 0.0401. The van der Waals surface area contributed by atoms with Gasteiger partial charge in [-0.1, -0.05) is 30.3 Å². The Bertz CT molecular complexity index is 1130. The van der Waals surface area contributed by atoms with Gasteiger partial charge in [-0.3, -0.25) is 9.59 Å². The summed E-state index contributed by atoms with van der Waals surface area (Å²) in [6, 6.07) is 18.9. The fraction of sp³-hybridized carbons (Fsp3) is 0.200. The molecule has 0 saturated carbocycles. The third-order valence-corrected chi connectivity index (χ3v) is 5.33. The first kappa shape index (κ1) is 21.5. The van der Waals surface area contributed by atoms with Crippen molar-refractivity contribution in [2.75, 3.05) is 26.2 Å². The first-order chi connectivity index (χ1) is 15.5. The summed E-state index contributed by atoms with van der Waals surface area (Å²) in [6.45, 7) is 1.60. The zero-order valence-electron chi connectivity index (χ0n) is 17.3. The number of piperazine rings is 1. The van der Waals surface area contributed by atoms with Gasteiger partial charge in [0, 0.05) is 37.8 Å². The SMILES string of the molecule is O=C(c1cccc(COc2cccc(F)c2)c1)N1CCN(C(=O)c2ccccc2F)CC1. The van der Waals surface area contributed by atoms with E-state index in [0.29, 0.717) is 37.5 Å². The van der Waals surface area contributed by atoms with Gasteiger partial charge in [-0.25, -0.2) is 8.78 Å². The maximum Gasteiger partial charge on any atom is 0.256 e. The van der Waals surface area contributed by atoms with Crippen LogP contribution in [0.3, 0.4) is 0 Å². The number of carbonyl (C=O) groups is 2. The average Bonchev–Trinajstić information content (AvgIpc) is 2.82. The van der Waals surface area contributed by atoms with Crippen LogP contribution in [-0.4, -0.2) is 47.8 Å². The lowest BCUT2D eigenvalue weighted by atomic mass is 10.1. The predicted octanol–water partition coefficient (Wildman–Crippen LogP) is 4.14. The molecule has 1 aliphatic heterocycles. The molecule has 1 aliphatic rings. The number of carbonyl (C=O) groups excluding carboxylic acids is 2. The van der Waals surface area contributed by atoms with Gasteiger partial charge in [-0.05, 0) is 42.0 Å². The molecule has 7 heteroatoms. The van der Waals surface area contributed by atoms with Crippen LogP contribution in [0.25, 0.3) is 0 Å². The Hall–Kier alpha value is -3.74. The summed E-state index contributed by atoms with van der Waals surface area (Å²) < 4.78 is 32.8. The van der Waals surface area contributed by atoms with Crippen molar-refractivity contribution >= 4 is 11.8 Å². The molecule has 3 aromatic rings. The lowest BCUT2D eigenvalue weighted by molar-refractivity contribution is 0.0532. The quantitative estimate of drug-likeness (QED) is 0.604. The van der Waals surface area contributed by atoms with Crippen molar-refractivity contribution in [1.82, 2.24) is 9.80 Å². The van der Waals surface area contributed by atoms with Crippen molar-refractivity contribution in [3.63, 3.8) is 0 Å². The number of hydrogen-bond acceptors (Lipinski definition) is 3. The van der Waals surface area contributed by atoms with Crippen LogP contribution < -0.4 is 4.74 Å². The molecule has 32 heavy (non-hydrogen) atoms. The van der Waals surface area contributed by atoms with Gasteiger partial charge >= 0.3 is 0 Å². The monoisotopic (exact) mass is 436 g/mol. The molecular weight excluding hydrogens is 414 g/mol. The van der Waals surface area contributed by atoms with E-state index in [-0.39, 0.29) is 29.8 Å². The summed E-state index contributed by atoms with van der Waals surface area (Å²) in [5.74, 6) is -1.02. The van der Waals surface area contributed by atoms with Gasteiger partial charge in [0.1, 0.15) is 24.0 Å². The molecule has 1 fully saturated rings. The number of ether oxygens (including phenoxy) is 1. The molecule has 0 spiro atoms. The normalized spacial score (nSPS) is 13.7. The Balaban J connectivity index is 1.35. The first-order valence-corrected chi connectivity index (χ1v) is 10.3. The molecule has 0 radical (unpaired) electrons. The molecule has 1 saturated heterocycles. The standard InChI is InChI=1S/C25H22F2N2O3/c26-20-7-4-8-21(16-20)32-17-18-5-3-6-19(15-18)24(30)28-11-13-29(14-12-28)25(31)22-9-1-2-10-23(22)27/h1-10,15-16H,11-14,17H2. The van der Waals surface area contributed by atoms with Crippen LogP contribution in [0.4, 0.5) is 8.78 Å². The molecule has 0 aromatic heterocycles. The van der Waals surface area contributed by atoms with Crippen molar-refractivity contribution in [2.24, 2.45) is 0 Å². The first-order valence-electron chi connectivity index (χ1n) is 10.3. The Morgan fingerprint density at radius 1 is 0.781 bits per heavy atom. The van der Waals surface area contributed by atoms with Crippen molar-refractivity contribution in [3.8, 4) is 5.75 Å². The highest BCUT2D eigenvalue weighted by Gasteiger charge is 2.26. The van der Waals surface area contributed by atoms with Crippen LogP contribution in [0.1, 0.15) is 26.3 Å². The zero-order chi connectivity index (χ0) is 22.5. The van der Waals surface area contributed by atoms with Crippen molar-refractivity contribution in [2.45, 2.75) is 6.61 Å². The second-order valence-electron chi connectivity index (χ2n) is 7.51. The number of halogens is 2. The molecule has 0 aliphatic carbocycles. The fourth-order valence-corrected chi connectivity index (χ4v) is 3.62. The van der Waals surface area contributed by atoms with Crippen LogP contribution in [0.15, 0.2) is 72.8 Å². The molecule has 2 amide bonds.